The Balaban J connectivity index is 2.52. The molecule has 0 aromatic heterocycles. The molecule has 3 nitrogen and oxygen atoms in total. The maximum atomic E-state index is 5.49. The minimum absolute atomic E-state index is 0.169. The standard InChI is InChI=1S/C10H20N2O/c1-10(2,3)7-8(12-11)9-5-4-6-13-9/h5,8,12H,4,6-7,11H2,1-3H3. The Morgan fingerprint density at radius 1 is 1.62 bits per heavy atom. The van der Waals surface area contributed by atoms with Gasteiger partial charge in [0, 0.05) is 6.42 Å². The first-order valence-corrected chi connectivity index (χ1v) is 4.82. The van der Waals surface area contributed by atoms with Gasteiger partial charge in [0.25, 0.3) is 0 Å². The first kappa shape index (κ1) is 10.5. The zero-order valence-corrected chi connectivity index (χ0v) is 8.76. The molecule has 76 valence electrons. The van der Waals surface area contributed by atoms with Gasteiger partial charge in [-0.15, -0.1) is 0 Å². The van der Waals surface area contributed by atoms with Crippen molar-refractivity contribution in [3.63, 3.8) is 0 Å². The number of nitrogens with one attached hydrogen (secondary N) is 1. The van der Waals surface area contributed by atoms with Crippen molar-refractivity contribution < 1.29 is 4.74 Å². The van der Waals surface area contributed by atoms with Gasteiger partial charge < -0.3 is 4.74 Å². The molecule has 0 bridgehead atoms. The summed E-state index contributed by atoms with van der Waals surface area (Å²) in [5.74, 6) is 6.50. The van der Waals surface area contributed by atoms with Gasteiger partial charge in [-0.25, -0.2) is 5.43 Å². The van der Waals surface area contributed by atoms with Crippen LogP contribution in [0.3, 0.4) is 0 Å². The molecule has 1 atom stereocenters. The minimum atomic E-state index is 0.169. The van der Waals surface area contributed by atoms with Crippen LogP contribution in [0, 0.1) is 5.41 Å². The van der Waals surface area contributed by atoms with E-state index in [9.17, 15) is 0 Å². The fourth-order valence-corrected chi connectivity index (χ4v) is 1.53. The average molecular weight is 184 g/mol. The molecule has 3 heteroatoms. The maximum absolute atomic E-state index is 5.49. The zero-order chi connectivity index (χ0) is 9.90. The lowest BCUT2D eigenvalue weighted by Crippen LogP contribution is -2.39. The molecule has 0 aromatic rings. The van der Waals surface area contributed by atoms with E-state index in [1.54, 1.807) is 0 Å². The summed E-state index contributed by atoms with van der Waals surface area (Å²) in [6, 6.07) is 0.169. The van der Waals surface area contributed by atoms with Gasteiger partial charge in [-0.2, -0.15) is 0 Å². The molecule has 0 fully saturated rings. The summed E-state index contributed by atoms with van der Waals surface area (Å²) in [4.78, 5) is 0. The van der Waals surface area contributed by atoms with Crippen molar-refractivity contribution in [1.29, 1.82) is 0 Å². The Morgan fingerprint density at radius 2 is 2.31 bits per heavy atom. The second kappa shape index (κ2) is 4.11. The molecule has 0 aromatic carbocycles. The predicted octanol–water partition coefficient (Wildman–Crippen LogP) is 1.56. The Hall–Kier alpha value is -0.540. The van der Waals surface area contributed by atoms with Crippen LogP contribution in [-0.2, 0) is 4.74 Å². The van der Waals surface area contributed by atoms with E-state index in [0.717, 1.165) is 25.2 Å². The first-order chi connectivity index (χ1) is 6.03. The molecule has 1 rings (SSSR count). The molecule has 13 heavy (non-hydrogen) atoms. The summed E-state index contributed by atoms with van der Waals surface area (Å²) in [6.07, 6.45) is 4.13. The smallest absolute Gasteiger partial charge is 0.110 e. The average Bonchev–Trinajstić information content (AvgIpc) is 2.50. The highest BCUT2D eigenvalue weighted by Crippen LogP contribution is 2.25. The van der Waals surface area contributed by atoms with E-state index in [0.29, 0.717) is 0 Å². The molecule has 1 aliphatic heterocycles. The molecule has 1 aliphatic rings. The summed E-state index contributed by atoms with van der Waals surface area (Å²) in [5, 5.41) is 0. The third-order valence-corrected chi connectivity index (χ3v) is 2.09. The van der Waals surface area contributed by atoms with Crippen molar-refractivity contribution in [2.75, 3.05) is 6.61 Å². The van der Waals surface area contributed by atoms with Crippen LogP contribution >= 0.6 is 0 Å². The summed E-state index contributed by atoms with van der Waals surface area (Å²) < 4.78 is 5.47. The van der Waals surface area contributed by atoms with Crippen LogP contribution in [0.25, 0.3) is 0 Å². The summed E-state index contributed by atoms with van der Waals surface area (Å²) in [6.45, 7) is 7.41. The van der Waals surface area contributed by atoms with Crippen LogP contribution in [0.15, 0.2) is 11.8 Å². The first-order valence-electron chi connectivity index (χ1n) is 4.82. The molecular formula is C10H20N2O. The van der Waals surface area contributed by atoms with E-state index in [2.05, 4.69) is 32.3 Å². The molecular weight excluding hydrogens is 164 g/mol. The highest BCUT2D eigenvalue weighted by atomic mass is 16.5. The van der Waals surface area contributed by atoms with Crippen LogP contribution in [0.2, 0.25) is 0 Å². The molecule has 1 unspecified atom stereocenters. The highest BCUT2D eigenvalue weighted by molar-refractivity contribution is 5.07. The Labute approximate surface area is 80.3 Å². The van der Waals surface area contributed by atoms with Crippen molar-refractivity contribution in [3.05, 3.63) is 11.8 Å². The van der Waals surface area contributed by atoms with Gasteiger partial charge in [-0.3, -0.25) is 5.84 Å². The minimum Gasteiger partial charge on any atom is -0.496 e. The van der Waals surface area contributed by atoms with Gasteiger partial charge in [-0.1, -0.05) is 20.8 Å². The van der Waals surface area contributed by atoms with E-state index in [1.807, 2.05) is 0 Å². The molecule has 3 N–H and O–H groups in total. The van der Waals surface area contributed by atoms with E-state index >= 15 is 0 Å². The zero-order valence-electron chi connectivity index (χ0n) is 8.76. The summed E-state index contributed by atoms with van der Waals surface area (Å²) in [7, 11) is 0. The number of hydrogen-bond acceptors (Lipinski definition) is 3. The molecule has 0 radical (unpaired) electrons. The largest absolute Gasteiger partial charge is 0.496 e. The van der Waals surface area contributed by atoms with E-state index in [1.165, 1.54) is 0 Å². The lowest BCUT2D eigenvalue weighted by Gasteiger charge is -2.25. The Bertz CT molecular complexity index is 194. The van der Waals surface area contributed by atoms with Gasteiger partial charge in [-0.05, 0) is 17.9 Å². The number of rotatable bonds is 3. The van der Waals surface area contributed by atoms with Crippen LogP contribution in [0.4, 0.5) is 0 Å². The quantitative estimate of drug-likeness (QED) is 0.517. The van der Waals surface area contributed by atoms with E-state index in [4.69, 9.17) is 10.6 Å². The topological polar surface area (TPSA) is 47.3 Å². The van der Waals surface area contributed by atoms with Crippen molar-refractivity contribution in [1.82, 2.24) is 5.43 Å². The van der Waals surface area contributed by atoms with Crippen LogP contribution in [-0.4, -0.2) is 12.6 Å². The number of hydrogen-bond donors (Lipinski definition) is 2. The number of nitrogens with two attached hydrogens (primary N) is 1. The van der Waals surface area contributed by atoms with Crippen LogP contribution in [0.5, 0.6) is 0 Å². The van der Waals surface area contributed by atoms with Crippen molar-refractivity contribution in [2.45, 2.75) is 39.7 Å². The second-order valence-corrected chi connectivity index (χ2v) is 4.73. The molecule has 0 aliphatic carbocycles. The van der Waals surface area contributed by atoms with Crippen molar-refractivity contribution in [3.8, 4) is 0 Å². The predicted molar refractivity (Wildman–Crippen MR) is 53.8 cm³/mol. The molecule has 1 heterocycles. The van der Waals surface area contributed by atoms with Crippen molar-refractivity contribution in [2.24, 2.45) is 11.3 Å². The van der Waals surface area contributed by atoms with Crippen molar-refractivity contribution >= 4 is 0 Å². The Kier molecular flexibility index (Phi) is 3.33. The normalized spacial score (nSPS) is 19.5. The van der Waals surface area contributed by atoms with Gasteiger partial charge in [0.15, 0.2) is 0 Å². The maximum Gasteiger partial charge on any atom is 0.110 e. The third-order valence-electron chi connectivity index (χ3n) is 2.09. The fourth-order valence-electron chi connectivity index (χ4n) is 1.53. The third kappa shape index (κ3) is 3.36. The van der Waals surface area contributed by atoms with Gasteiger partial charge >= 0.3 is 0 Å². The SMILES string of the molecule is CC(C)(C)CC(NN)C1=CCCO1. The lowest BCUT2D eigenvalue weighted by atomic mass is 9.87. The molecule has 0 saturated carbocycles. The van der Waals surface area contributed by atoms with Crippen LogP contribution < -0.4 is 11.3 Å². The van der Waals surface area contributed by atoms with Gasteiger partial charge in [0.05, 0.1) is 12.6 Å². The van der Waals surface area contributed by atoms with Gasteiger partial charge in [0.1, 0.15) is 5.76 Å². The van der Waals surface area contributed by atoms with E-state index < -0.39 is 0 Å². The fraction of sp³-hybridized carbons (Fsp3) is 0.800. The lowest BCUT2D eigenvalue weighted by molar-refractivity contribution is 0.193. The Morgan fingerprint density at radius 3 is 2.69 bits per heavy atom. The number of ether oxygens (including phenoxy) is 1. The number of hydrazine groups is 1. The van der Waals surface area contributed by atoms with Gasteiger partial charge in [0.2, 0.25) is 0 Å². The highest BCUT2D eigenvalue weighted by Gasteiger charge is 2.23. The van der Waals surface area contributed by atoms with Crippen LogP contribution in [0.1, 0.15) is 33.6 Å². The molecule has 0 amide bonds. The summed E-state index contributed by atoms with van der Waals surface area (Å²) in [5.41, 5.74) is 3.07. The monoisotopic (exact) mass is 184 g/mol. The summed E-state index contributed by atoms with van der Waals surface area (Å²) >= 11 is 0. The molecule has 0 spiro atoms. The second-order valence-electron chi connectivity index (χ2n) is 4.73. The van der Waals surface area contributed by atoms with E-state index in [-0.39, 0.29) is 11.5 Å². The molecule has 0 saturated heterocycles.